The van der Waals surface area contributed by atoms with Crippen molar-refractivity contribution >= 4 is 11.7 Å². The average molecular weight is 323 g/mol. The molecule has 1 heterocycles. The maximum absolute atomic E-state index is 12.0. The summed E-state index contributed by atoms with van der Waals surface area (Å²) in [6.07, 6.45) is 1.64. The summed E-state index contributed by atoms with van der Waals surface area (Å²) in [7, 11) is 1.55. The first kappa shape index (κ1) is 15.6. The van der Waals surface area contributed by atoms with Crippen LogP contribution >= 0.6 is 0 Å². The summed E-state index contributed by atoms with van der Waals surface area (Å²) in [5.74, 6) is 1.69. The molecule has 6 heteroatoms. The van der Waals surface area contributed by atoms with E-state index in [1.807, 2.05) is 42.5 Å². The number of anilines is 1. The molecule has 122 valence electrons. The van der Waals surface area contributed by atoms with Gasteiger partial charge in [-0.1, -0.05) is 42.5 Å². The van der Waals surface area contributed by atoms with Gasteiger partial charge in [0.25, 0.3) is 0 Å². The zero-order valence-electron chi connectivity index (χ0n) is 13.2. The number of nitrogens with zero attached hydrogens (tertiary/aromatic N) is 1. The molecule has 1 aromatic heterocycles. The van der Waals surface area contributed by atoms with Gasteiger partial charge in [0.2, 0.25) is 5.89 Å². The van der Waals surface area contributed by atoms with Gasteiger partial charge in [-0.15, -0.1) is 0 Å². The van der Waals surface area contributed by atoms with E-state index < -0.39 is 0 Å². The van der Waals surface area contributed by atoms with Gasteiger partial charge in [-0.3, -0.25) is 0 Å². The molecule has 0 aliphatic carbocycles. The Morgan fingerprint density at radius 1 is 1.12 bits per heavy atom. The zero-order chi connectivity index (χ0) is 16.8. The standard InChI is InChI=1S/C18H17N3O3/c1-23-15-10-6-5-9-14(15)21-18(22)20-12-17-19-11-16(24-17)13-7-3-2-4-8-13/h2-11H,12H2,1H3,(H2,20,21,22). The SMILES string of the molecule is COc1ccccc1NC(=O)NCc1ncc(-c2ccccc2)o1. The number of ether oxygens (including phenoxy) is 1. The monoisotopic (exact) mass is 323 g/mol. The molecule has 2 amide bonds. The Kier molecular flexibility index (Phi) is 4.76. The van der Waals surface area contributed by atoms with E-state index in [-0.39, 0.29) is 12.6 Å². The van der Waals surface area contributed by atoms with Crippen LogP contribution in [0.4, 0.5) is 10.5 Å². The van der Waals surface area contributed by atoms with Gasteiger partial charge in [0.05, 0.1) is 25.5 Å². The van der Waals surface area contributed by atoms with Crippen molar-refractivity contribution in [3.05, 3.63) is 66.7 Å². The Hall–Kier alpha value is -3.28. The van der Waals surface area contributed by atoms with E-state index in [4.69, 9.17) is 9.15 Å². The number of benzene rings is 2. The first-order valence-corrected chi connectivity index (χ1v) is 7.44. The average Bonchev–Trinajstić information content (AvgIpc) is 3.10. The molecule has 0 saturated heterocycles. The summed E-state index contributed by atoms with van der Waals surface area (Å²) in [5.41, 5.74) is 1.53. The second-order valence-electron chi connectivity index (χ2n) is 4.99. The molecule has 0 aliphatic rings. The Labute approximate surface area is 139 Å². The number of amides is 2. The second kappa shape index (κ2) is 7.32. The van der Waals surface area contributed by atoms with Crippen molar-refractivity contribution in [3.8, 4) is 17.1 Å². The van der Waals surface area contributed by atoms with Gasteiger partial charge in [0.15, 0.2) is 5.76 Å². The van der Waals surface area contributed by atoms with Gasteiger partial charge in [0, 0.05) is 5.56 Å². The van der Waals surface area contributed by atoms with E-state index in [9.17, 15) is 4.79 Å². The van der Waals surface area contributed by atoms with E-state index in [2.05, 4.69) is 15.6 Å². The van der Waals surface area contributed by atoms with Crippen LogP contribution < -0.4 is 15.4 Å². The van der Waals surface area contributed by atoms with E-state index in [1.54, 1.807) is 25.4 Å². The van der Waals surface area contributed by atoms with Gasteiger partial charge in [-0.2, -0.15) is 0 Å². The van der Waals surface area contributed by atoms with Crippen LogP contribution in [0.5, 0.6) is 5.75 Å². The number of hydrogen-bond acceptors (Lipinski definition) is 4. The van der Waals surface area contributed by atoms with E-state index in [0.29, 0.717) is 23.1 Å². The predicted octanol–water partition coefficient (Wildman–Crippen LogP) is 3.67. The van der Waals surface area contributed by atoms with Crippen molar-refractivity contribution in [3.63, 3.8) is 0 Å². The largest absolute Gasteiger partial charge is 0.495 e. The second-order valence-corrected chi connectivity index (χ2v) is 4.99. The van der Waals surface area contributed by atoms with Crippen molar-refractivity contribution in [2.75, 3.05) is 12.4 Å². The van der Waals surface area contributed by atoms with Gasteiger partial charge in [-0.25, -0.2) is 9.78 Å². The molecule has 2 N–H and O–H groups in total. The molecule has 0 radical (unpaired) electrons. The van der Waals surface area contributed by atoms with Crippen molar-refractivity contribution < 1.29 is 13.9 Å². The minimum absolute atomic E-state index is 0.188. The number of methoxy groups -OCH3 is 1. The predicted molar refractivity (Wildman–Crippen MR) is 90.8 cm³/mol. The summed E-state index contributed by atoms with van der Waals surface area (Å²) >= 11 is 0. The minimum Gasteiger partial charge on any atom is -0.495 e. The third-order valence-corrected chi connectivity index (χ3v) is 3.37. The fourth-order valence-corrected chi connectivity index (χ4v) is 2.20. The lowest BCUT2D eigenvalue weighted by Crippen LogP contribution is -2.28. The molecule has 0 bridgehead atoms. The maximum atomic E-state index is 12.0. The summed E-state index contributed by atoms with van der Waals surface area (Å²) in [5, 5.41) is 5.43. The molecule has 2 aromatic carbocycles. The highest BCUT2D eigenvalue weighted by molar-refractivity contribution is 5.90. The van der Waals surface area contributed by atoms with Crippen molar-refractivity contribution in [2.24, 2.45) is 0 Å². The van der Waals surface area contributed by atoms with E-state index in [1.165, 1.54) is 0 Å². The van der Waals surface area contributed by atoms with Crippen LogP contribution in [0.15, 0.2) is 65.2 Å². The molecule has 3 aromatic rings. The van der Waals surface area contributed by atoms with Gasteiger partial charge < -0.3 is 19.8 Å². The summed E-state index contributed by atoms with van der Waals surface area (Å²) in [6, 6.07) is 16.5. The van der Waals surface area contributed by atoms with Crippen LogP contribution in [-0.4, -0.2) is 18.1 Å². The Morgan fingerprint density at radius 2 is 1.88 bits per heavy atom. The fourth-order valence-electron chi connectivity index (χ4n) is 2.20. The highest BCUT2D eigenvalue weighted by Gasteiger charge is 2.09. The van der Waals surface area contributed by atoms with Crippen LogP contribution in [-0.2, 0) is 6.54 Å². The number of carbonyl (C=O) groups is 1. The molecule has 0 aliphatic heterocycles. The summed E-state index contributed by atoms with van der Waals surface area (Å²) < 4.78 is 10.8. The first-order chi connectivity index (χ1) is 11.8. The van der Waals surface area contributed by atoms with E-state index >= 15 is 0 Å². The molecule has 24 heavy (non-hydrogen) atoms. The van der Waals surface area contributed by atoms with Crippen molar-refractivity contribution in [2.45, 2.75) is 6.54 Å². The molecular weight excluding hydrogens is 306 g/mol. The number of carbonyl (C=O) groups excluding carboxylic acids is 1. The Balaban J connectivity index is 1.58. The lowest BCUT2D eigenvalue weighted by atomic mass is 10.2. The molecule has 6 nitrogen and oxygen atoms in total. The normalized spacial score (nSPS) is 10.2. The number of oxazole rings is 1. The number of para-hydroxylation sites is 2. The Morgan fingerprint density at radius 3 is 2.67 bits per heavy atom. The van der Waals surface area contributed by atoms with Crippen molar-refractivity contribution in [1.82, 2.24) is 10.3 Å². The fraction of sp³-hybridized carbons (Fsp3) is 0.111. The number of hydrogen-bond donors (Lipinski definition) is 2. The van der Waals surface area contributed by atoms with Crippen LogP contribution in [0, 0.1) is 0 Å². The number of rotatable bonds is 5. The van der Waals surface area contributed by atoms with E-state index in [0.717, 1.165) is 5.56 Å². The third kappa shape index (κ3) is 3.73. The molecule has 0 unspecified atom stereocenters. The summed E-state index contributed by atoms with van der Waals surface area (Å²) in [4.78, 5) is 16.2. The minimum atomic E-state index is -0.362. The van der Waals surface area contributed by atoms with Gasteiger partial charge in [0.1, 0.15) is 5.75 Å². The van der Waals surface area contributed by atoms with Crippen LogP contribution in [0.25, 0.3) is 11.3 Å². The molecule has 3 rings (SSSR count). The third-order valence-electron chi connectivity index (χ3n) is 3.37. The molecule has 0 saturated carbocycles. The topological polar surface area (TPSA) is 76.4 Å². The zero-order valence-corrected chi connectivity index (χ0v) is 13.2. The smallest absolute Gasteiger partial charge is 0.319 e. The lowest BCUT2D eigenvalue weighted by molar-refractivity contribution is 0.250. The summed E-state index contributed by atoms with van der Waals surface area (Å²) in [6.45, 7) is 0.188. The lowest BCUT2D eigenvalue weighted by Gasteiger charge is -2.10. The number of nitrogens with one attached hydrogen (secondary N) is 2. The number of aromatic nitrogens is 1. The Bertz CT molecular complexity index is 815. The van der Waals surface area contributed by atoms with Crippen LogP contribution in [0.3, 0.4) is 0 Å². The molecule has 0 spiro atoms. The molecule has 0 atom stereocenters. The molecular formula is C18H17N3O3. The van der Waals surface area contributed by atoms with Crippen LogP contribution in [0.2, 0.25) is 0 Å². The first-order valence-electron chi connectivity index (χ1n) is 7.44. The highest BCUT2D eigenvalue weighted by Crippen LogP contribution is 2.23. The van der Waals surface area contributed by atoms with Crippen LogP contribution in [0.1, 0.15) is 5.89 Å². The van der Waals surface area contributed by atoms with Gasteiger partial charge >= 0.3 is 6.03 Å². The van der Waals surface area contributed by atoms with Crippen molar-refractivity contribution in [1.29, 1.82) is 0 Å². The highest BCUT2D eigenvalue weighted by atomic mass is 16.5. The number of urea groups is 1. The van der Waals surface area contributed by atoms with Gasteiger partial charge in [-0.05, 0) is 12.1 Å². The molecule has 0 fully saturated rings. The quantitative estimate of drug-likeness (QED) is 0.751. The maximum Gasteiger partial charge on any atom is 0.319 e.